The lowest BCUT2D eigenvalue weighted by Gasteiger charge is -2.21. The Kier molecular flexibility index (Phi) is 5.95. The molecule has 0 radical (unpaired) electrons. The zero-order chi connectivity index (χ0) is 21.8. The van der Waals surface area contributed by atoms with Crippen LogP contribution in [0.25, 0.3) is 11.1 Å². The molecule has 3 N–H and O–H groups in total. The van der Waals surface area contributed by atoms with Crippen molar-refractivity contribution in [2.24, 2.45) is 5.73 Å². The first-order valence-corrected chi connectivity index (χ1v) is 8.61. The van der Waals surface area contributed by atoms with Crippen molar-refractivity contribution in [3.63, 3.8) is 0 Å². The van der Waals surface area contributed by atoms with Crippen molar-refractivity contribution in [3.05, 3.63) is 77.5 Å². The maximum atomic E-state index is 13.8. The quantitative estimate of drug-likeness (QED) is 0.640. The molecule has 30 heavy (non-hydrogen) atoms. The van der Waals surface area contributed by atoms with Crippen LogP contribution in [0.15, 0.2) is 48.9 Å². The average Bonchev–Trinajstić information content (AvgIpc) is 2.68. The minimum Gasteiger partial charge on any atom is -0.465 e. The van der Waals surface area contributed by atoms with E-state index in [1.807, 2.05) is 0 Å². The summed E-state index contributed by atoms with van der Waals surface area (Å²) in [6, 6.07) is 6.43. The maximum absolute atomic E-state index is 13.8. The van der Waals surface area contributed by atoms with E-state index in [1.54, 1.807) is 0 Å². The number of amides is 2. The molecule has 10 heteroatoms. The van der Waals surface area contributed by atoms with Crippen molar-refractivity contribution in [3.8, 4) is 11.1 Å². The molecule has 154 valence electrons. The highest BCUT2D eigenvalue weighted by atomic mass is 19.1. The van der Waals surface area contributed by atoms with Crippen molar-refractivity contribution in [1.29, 1.82) is 0 Å². The number of carbonyl (C=O) groups is 2. The molecule has 0 saturated carbocycles. The number of carbonyl (C=O) groups excluding carboxylic acids is 1. The molecule has 2 aromatic carbocycles. The summed E-state index contributed by atoms with van der Waals surface area (Å²) < 4.78 is 40.6. The number of hydrogen-bond donors (Lipinski definition) is 2. The van der Waals surface area contributed by atoms with Crippen LogP contribution in [0.2, 0.25) is 0 Å². The summed E-state index contributed by atoms with van der Waals surface area (Å²) in [4.78, 5) is 32.0. The van der Waals surface area contributed by atoms with E-state index in [-0.39, 0.29) is 41.0 Å². The Morgan fingerprint density at radius 2 is 1.77 bits per heavy atom. The SMILES string of the molecule is NC(=O)c1cc(-c2cncnc2N(CCc2cc(F)cc(F)c2)C(=O)O)ccc1F. The van der Waals surface area contributed by atoms with Gasteiger partial charge in [0, 0.05) is 24.4 Å². The Labute approximate surface area is 168 Å². The summed E-state index contributed by atoms with van der Waals surface area (Å²) in [5.74, 6) is -3.42. The molecule has 0 saturated heterocycles. The first-order chi connectivity index (χ1) is 14.3. The average molecular weight is 416 g/mol. The lowest BCUT2D eigenvalue weighted by molar-refractivity contribution is 0.0996. The third-order valence-corrected chi connectivity index (χ3v) is 4.27. The van der Waals surface area contributed by atoms with E-state index in [9.17, 15) is 27.9 Å². The lowest BCUT2D eigenvalue weighted by atomic mass is 10.0. The summed E-state index contributed by atoms with van der Waals surface area (Å²) in [5.41, 5.74) is 5.52. The van der Waals surface area contributed by atoms with Gasteiger partial charge < -0.3 is 10.8 Å². The van der Waals surface area contributed by atoms with Crippen LogP contribution in [0.5, 0.6) is 0 Å². The summed E-state index contributed by atoms with van der Waals surface area (Å²) in [6.07, 6.45) is 1.05. The normalized spacial score (nSPS) is 10.6. The van der Waals surface area contributed by atoms with Crippen LogP contribution >= 0.6 is 0 Å². The molecule has 0 spiro atoms. The zero-order valence-corrected chi connectivity index (χ0v) is 15.3. The second-order valence-electron chi connectivity index (χ2n) is 6.28. The van der Waals surface area contributed by atoms with Gasteiger partial charge in [0.1, 0.15) is 29.6 Å². The van der Waals surface area contributed by atoms with E-state index in [4.69, 9.17) is 5.73 Å². The van der Waals surface area contributed by atoms with E-state index >= 15 is 0 Å². The molecular weight excluding hydrogens is 401 g/mol. The van der Waals surface area contributed by atoms with Crippen LogP contribution in [-0.2, 0) is 6.42 Å². The lowest BCUT2D eigenvalue weighted by Crippen LogP contribution is -2.32. The van der Waals surface area contributed by atoms with Gasteiger partial charge in [0.05, 0.1) is 5.56 Å². The topological polar surface area (TPSA) is 109 Å². The molecule has 0 bridgehead atoms. The minimum atomic E-state index is -1.37. The van der Waals surface area contributed by atoms with E-state index in [0.29, 0.717) is 6.07 Å². The molecule has 0 aliphatic rings. The predicted molar refractivity (Wildman–Crippen MR) is 101 cm³/mol. The first-order valence-electron chi connectivity index (χ1n) is 8.61. The summed E-state index contributed by atoms with van der Waals surface area (Å²) >= 11 is 0. The van der Waals surface area contributed by atoms with Gasteiger partial charge in [-0.2, -0.15) is 0 Å². The van der Waals surface area contributed by atoms with Crippen molar-refractivity contribution < 1.29 is 27.9 Å². The van der Waals surface area contributed by atoms with Gasteiger partial charge in [-0.1, -0.05) is 6.07 Å². The summed E-state index contributed by atoms with van der Waals surface area (Å²) in [5, 5.41) is 9.66. The third kappa shape index (κ3) is 4.54. The Hall–Kier alpha value is -3.95. The van der Waals surface area contributed by atoms with Crippen LogP contribution in [0.4, 0.5) is 23.8 Å². The smallest absolute Gasteiger partial charge is 0.413 e. The van der Waals surface area contributed by atoms with Crippen molar-refractivity contribution in [2.45, 2.75) is 6.42 Å². The number of hydrogen-bond acceptors (Lipinski definition) is 4. The van der Waals surface area contributed by atoms with Crippen LogP contribution in [0, 0.1) is 17.5 Å². The maximum Gasteiger partial charge on any atom is 0.413 e. The number of nitrogens with two attached hydrogens (primary N) is 1. The van der Waals surface area contributed by atoms with Gasteiger partial charge in [-0.15, -0.1) is 0 Å². The highest BCUT2D eigenvalue weighted by Crippen LogP contribution is 2.30. The second kappa shape index (κ2) is 8.60. The molecule has 1 aromatic heterocycles. The molecule has 0 atom stereocenters. The van der Waals surface area contributed by atoms with Crippen molar-refractivity contribution in [1.82, 2.24) is 9.97 Å². The Morgan fingerprint density at radius 3 is 2.40 bits per heavy atom. The van der Waals surface area contributed by atoms with Crippen LogP contribution in [-0.4, -0.2) is 33.6 Å². The molecule has 7 nitrogen and oxygen atoms in total. The van der Waals surface area contributed by atoms with Gasteiger partial charge >= 0.3 is 6.09 Å². The Balaban J connectivity index is 1.98. The highest BCUT2D eigenvalue weighted by molar-refractivity contribution is 5.96. The predicted octanol–water partition coefficient (Wildman–Crippen LogP) is 3.39. The van der Waals surface area contributed by atoms with Gasteiger partial charge in [-0.3, -0.25) is 9.69 Å². The fourth-order valence-electron chi connectivity index (χ4n) is 2.91. The van der Waals surface area contributed by atoms with Gasteiger partial charge in [0.2, 0.25) is 0 Å². The minimum absolute atomic E-state index is 0.000374. The molecule has 1 heterocycles. The van der Waals surface area contributed by atoms with Gasteiger partial charge in [-0.25, -0.2) is 27.9 Å². The van der Waals surface area contributed by atoms with Crippen molar-refractivity contribution in [2.75, 3.05) is 11.4 Å². The molecule has 0 fully saturated rings. The molecule has 0 aliphatic carbocycles. The highest BCUT2D eigenvalue weighted by Gasteiger charge is 2.22. The molecule has 3 aromatic rings. The number of rotatable bonds is 6. The van der Waals surface area contributed by atoms with E-state index in [1.165, 1.54) is 18.3 Å². The van der Waals surface area contributed by atoms with E-state index in [0.717, 1.165) is 29.4 Å². The Morgan fingerprint density at radius 1 is 1.07 bits per heavy atom. The Bertz CT molecular complexity index is 1100. The largest absolute Gasteiger partial charge is 0.465 e. The molecule has 3 rings (SSSR count). The number of primary amides is 1. The third-order valence-electron chi connectivity index (χ3n) is 4.27. The molecular formula is C20H15F3N4O3. The molecule has 0 aliphatic heterocycles. The molecule has 2 amide bonds. The standard InChI is InChI=1S/C20H15F3N4O3/c21-13-5-11(6-14(22)8-13)3-4-27(20(29)30)19-16(9-25-10-26-19)12-1-2-17(23)15(7-12)18(24)28/h1-2,5-10H,3-4H2,(H2,24,28)(H,29,30). The van der Waals surface area contributed by atoms with Crippen LogP contribution in [0.1, 0.15) is 15.9 Å². The monoisotopic (exact) mass is 416 g/mol. The van der Waals surface area contributed by atoms with Crippen LogP contribution < -0.4 is 10.6 Å². The first kappa shape index (κ1) is 20.8. The number of aromatic nitrogens is 2. The number of carboxylic acid groups (broad SMARTS) is 1. The van der Waals surface area contributed by atoms with Gasteiger partial charge in [0.25, 0.3) is 5.91 Å². The van der Waals surface area contributed by atoms with E-state index < -0.39 is 29.5 Å². The number of benzene rings is 2. The van der Waals surface area contributed by atoms with Crippen LogP contribution in [0.3, 0.4) is 0 Å². The van der Waals surface area contributed by atoms with Gasteiger partial charge in [-0.05, 0) is 41.8 Å². The summed E-state index contributed by atoms with van der Waals surface area (Å²) in [6.45, 7) is -0.174. The molecule has 0 unspecified atom stereocenters. The van der Waals surface area contributed by atoms with Gasteiger partial charge in [0.15, 0.2) is 0 Å². The fourth-order valence-corrected chi connectivity index (χ4v) is 2.91. The van der Waals surface area contributed by atoms with E-state index in [2.05, 4.69) is 9.97 Å². The number of anilines is 1. The number of halogens is 3. The second-order valence-corrected chi connectivity index (χ2v) is 6.28. The number of nitrogens with zero attached hydrogens (tertiary/aromatic N) is 3. The summed E-state index contributed by atoms with van der Waals surface area (Å²) in [7, 11) is 0. The zero-order valence-electron chi connectivity index (χ0n) is 15.3. The fraction of sp³-hybridized carbons (Fsp3) is 0.100. The van der Waals surface area contributed by atoms with Crippen molar-refractivity contribution >= 4 is 17.8 Å².